The van der Waals surface area contributed by atoms with Crippen molar-refractivity contribution in [3.05, 3.63) is 47.4 Å². The number of furan rings is 1. The van der Waals surface area contributed by atoms with Gasteiger partial charge in [-0.1, -0.05) is 19.9 Å². The van der Waals surface area contributed by atoms with Crippen LogP contribution in [0.1, 0.15) is 42.6 Å². The molecule has 26 heavy (non-hydrogen) atoms. The van der Waals surface area contributed by atoms with Crippen molar-refractivity contribution >= 4 is 17.5 Å². The molecule has 1 aliphatic heterocycles. The van der Waals surface area contributed by atoms with Gasteiger partial charge in [-0.05, 0) is 49.6 Å². The Bertz CT molecular complexity index is 825. The molecule has 1 aromatic carbocycles. The van der Waals surface area contributed by atoms with Crippen LogP contribution in [0.15, 0.2) is 34.7 Å². The standard InChI is InChI=1S/C20H24N2O4/c1-12(2)14(4)21-20(24)18-8-6-15(26-18)10-22-16-9-13(3)5-7-17(16)25-11-19(22)23/h5-9,12,14H,10-11H2,1-4H3,(H,21,24)/t14-/m1/s1. The van der Waals surface area contributed by atoms with Crippen LogP contribution in [0, 0.1) is 12.8 Å². The van der Waals surface area contributed by atoms with Crippen molar-refractivity contribution in [1.29, 1.82) is 0 Å². The molecule has 6 nitrogen and oxygen atoms in total. The molecule has 2 heterocycles. The van der Waals surface area contributed by atoms with Crippen LogP contribution < -0.4 is 15.0 Å². The fourth-order valence-electron chi connectivity index (χ4n) is 2.67. The zero-order valence-electron chi connectivity index (χ0n) is 15.5. The maximum absolute atomic E-state index is 12.3. The molecule has 138 valence electrons. The topological polar surface area (TPSA) is 71.8 Å². The molecule has 0 unspecified atom stereocenters. The number of amides is 2. The average Bonchev–Trinajstić information content (AvgIpc) is 3.06. The van der Waals surface area contributed by atoms with Crippen molar-refractivity contribution in [2.24, 2.45) is 5.92 Å². The first-order chi connectivity index (χ1) is 12.3. The first-order valence-corrected chi connectivity index (χ1v) is 8.78. The molecule has 2 amide bonds. The third-order valence-corrected chi connectivity index (χ3v) is 4.62. The smallest absolute Gasteiger partial charge is 0.287 e. The lowest BCUT2D eigenvalue weighted by molar-refractivity contribution is -0.121. The van der Waals surface area contributed by atoms with E-state index in [1.807, 2.05) is 45.9 Å². The molecule has 0 spiro atoms. The van der Waals surface area contributed by atoms with E-state index in [4.69, 9.17) is 9.15 Å². The van der Waals surface area contributed by atoms with Gasteiger partial charge >= 0.3 is 0 Å². The van der Waals surface area contributed by atoms with Crippen molar-refractivity contribution in [3.8, 4) is 5.75 Å². The summed E-state index contributed by atoms with van der Waals surface area (Å²) in [6.45, 7) is 8.26. The number of carbonyl (C=O) groups excluding carboxylic acids is 2. The first kappa shape index (κ1) is 18.0. The number of benzene rings is 1. The van der Waals surface area contributed by atoms with Crippen LogP contribution in [-0.4, -0.2) is 24.5 Å². The van der Waals surface area contributed by atoms with Gasteiger partial charge < -0.3 is 14.5 Å². The van der Waals surface area contributed by atoms with E-state index >= 15 is 0 Å². The maximum atomic E-state index is 12.3. The van der Waals surface area contributed by atoms with Crippen LogP contribution in [0.3, 0.4) is 0 Å². The van der Waals surface area contributed by atoms with Gasteiger partial charge in [0, 0.05) is 6.04 Å². The van der Waals surface area contributed by atoms with Crippen molar-refractivity contribution < 1.29 is 18.7 Å². The second-order valence-corrected chi connectivity index (χ2v) is 7.01. The van der Waals surface area contributed by atoms with Crippen LogP contribution in [-0.2, 0) is 11.3 Å². The molecule has 2 aromatic rings. The van der Waals surface area contributed by atoms with E-state index in [-0.39, 0.29) is 36.8 Å². The zero-order valence-corrected chi connectivity index (χ0v) is 15.5. The molecule has 0 fully saturated rings. The molecule has 0 bridgehead atoms. The number of rotatable bonds is 5. The number of aryl methyl sites for hydroxylation is 1. The van der Waals surface area contributed by atoms with Gasteiger partial charge in [0.05, 0.1) is 12.2 Å². The number of hydrogen-bond acceptors (Lipinski definition) is 4. The minimum Gasteiger partial charge on any atom is -0.482 e. The summed E-state index contributed by atoms with van der Waals surface area (Å²) in [5.41, 5.74) is 1.76. The predicted octanol–water partition coefficient (Wildman–Crippen LogP) is 3.29. The summed E-state index contributed by atoms with van der Waals surface area (Å²) in [6, 6.07) is 9.13. The lowest BCUT2D eigenvalue weighted by atomic mass is 10.1. The van der Waals surface area contributed by atoms with E-state index in [0.717, 1.165) is 11.3 Å². The van der Waals surface area contributed by atoms with E-state index in [9.17, 15) is 9.59 Å². The van der Waals surface area contributed by atoms with E-state index in [1.165, 1.54) is 0 Å². The third-order valence-electron chi connectivity index (χ3n) is 4.62. The van der Waals surface area contributed by atoms with Crippen LogP contribution in [0.5, 0.6) is 5.75 Å². The molecule has 0 aliphatic carbocycles. The normalized spacial score (nSPS) is 14.8. The number of ether oxygens (including phenoxy) is 1. The lowest BCUT2D eigenvalue weighted by Gasteiger charge is -2.29. The predicted molar refractivity (Wildman–Crippen MR) is 98.3 cm³/mol. The Morgan fingerprint density at radius 3 is 2.73 bits per heavy atom. The highest BCUT2D eigenvalue weighted by atomic mass is 16.5. The highest BCUT2D eigenvalue weighted by Gasteiger charge is 2.27. The Morgan fingerprint density at radius 1 is 1.23 bits per heavy atom. The highest BCUT2D eigenvalue weighted by Crippen LogP contribution is 2.34. The number of hydrogen-bond donors (Lipinski definition) is 1. The molecule has 1 atom stereocenters. The number of anilines is 1. The SMILES string of the molecule is Cc1ccc2c(c1)N(Cc1ccc(C(=O)N[C@H](C)C(C)C)o1)C(=O)CO2. The fourth-order valence-corrected chi connectivity index (χ4v) is 2.67. The van der Waals surface area contributed by atoms with E-state index in [1.54, 1.807) is 17.0 Å². The summed E-state index contributed by atoms with van der Waals surface area (Å²) in [7, 11) is 0. The van der Waals surface area contributed by atoms with Crippen molar-refractivity contribution in [2.45, 2.75) is 40.3 Å². The second-order valence-electron chi connectivity index (χ2n) is 7.01. The van der Waals surface area contributed by atoms with Gasteiger partial charge in [-0.25, -0.2) is 0 Å². The molecular weight excluding hydrogens is 332 g/mol. The summed E-state index contributed by atoms with van der Waals surface area (Å²) in [5.74, 6) is 1.42. The van der Waals surface area contributed by atoms with Crippen LogP contribution in [0.25, 0.3) is 0 Å². The summed E-state index contributed by atoms with van der Waals surface area (Å²) < 4.78 is 11.2. The Labute approximate surface area is 153 Å². The molecule has 0 radical (unpaired) electrons. The Hall–Kier alpha value is -2.76. The molecule has 0 saturated heterocycles. The lowest BCUT2D eigenvalue weighted by Crippen LogP contribution is -2.38. The van der Waals surface area contributed by atoms with E-state index in [0.29, 0.717) is 17.4 Å². The molecule has 1 aromatic heterocycles. The minimum absolute atomic E-state index is 0.00395. The van der Waals surface area contributed by atoms with Gasteiger partial charge in [0.25, 0.3) is 11.8 Å². The number of nitrogens with one attached hydrogen (secondary N) is 1. The molecule has 6 heteroatoms. The second kappa shape index (κ2) is 7.23. The monoisotopic (exact) mass is 356 g/mol. The number of carbonyl (C=O) groups is 2. The minimum atomic E-state index is -0.248. The first-order valence-electron chi connectivity index (χ1n) is 8.78. The van der Waals surface area contributed by atoms with E-state index < -0.39 is 0 Å². The molecule has 3 rings (SSSR count). The van der Waals surface area contributed by atoms with Crippen molar-refractivity contribution in [1.82, 2.24) is 5.32 Å². The highest BCUT2D eigenvalue weighted by molar-refractivity contribution is 5.97. The fraction of sp³-hybridized carbons (Fsp3) is 0.400. The number of nitrogens with zero attached hydrogens (tertiary/aromatic N) is 1. The Balaban J connectivity index is 1.76. The van der Waals surface area contributed by atoms with Crippen LogP contribution >= 0.6 is 0 Å². The quantitative estimate of drug-likeness (QED) is 0.892. The third kappa shape index (κ3) is 3.74. The van der Waals surface area contributed by atoms with Gasteiger partial charge in [0.2, 0.25) is 0 Å². The van der Waals surface area contributed by atoms with Crippen molar-refractivity contribution in [3.63, 3.8) is 0 Å². The zero-order chi connectivity index (χ0) is 18.8. The Morgan fingerprint density at radius 2 is 2.00 bits per heavy atom. The Kier molecular flexibility index (Phi) is 5.02. The summed E-state index contributed by atoms with van der Waals surface area (Å²) in [4.78, 5) is 26.2. The van der Waals surface area contributed by atoms with Crippen LogP contribution in [0.2, 0.25) is 0 Å². The molecular formula is C20H24N2O4. The van der Waals surface area contributed by atoms with E-state index in [2.05, 4.69) is 5.32 Å². The summed E-state index contributed by atoms with van der Waals surface area (Å²) in [5, 5.41) is 2.91. The average molecular weight is 356 g/mol. The number of fused-ring (bicyclic) bond motifs is 1. The van der Waals surface area contributed by atoms with Crippen LogP contribution in [0.4, 0.5) is 5.69 Å². The van der Waals surface area contributed by atoms with Gasteiger partial charge in [-0.2, -0.15) is 0 Å². The molecule has 0 saturated carbocycles. The molecule has 1 N–H and O–H groups in total. The largest absolute Gasteiger partial charge is 0.482 e. The van der Waals surface area contributed by atoms with Crippen molar-refractivity contribution in [2.75, 3.05) is 11.5 Å². The van der Waals surface area contributed by atoms with Gasteiger partial charge in [-0.3, -0.25) is 14.5 Å². The molecule has 1 aliphatic rings. The summed E-state index contributed by atoms with van der Waals surface area (Å²) >= 11 is 0. The van der Waals surface area contributed by atoms with Gasteiger partial charge in [-0.15, -0.1) is 0 Å². The maximum Gasteiger partial charge on any atom is 0.287 e. The van der Waals surface area contributed by atoms with Gasteiger partial charge in [0.15, 0.2) is 12.4 Å². The summed E-state index contributed by atoms with van der Waals surface area (Å²) in [6.07, 6.45) is 0. The van der Waals surface area contributed by atoms with Gasteiger partial charge in [0.1, 0.15) is 11.5 Å².